The minimum Gasteiger partial charge on any atom is -0.386 e. The Morgan fingerprint density at radius 1 is 0.941 bits per heavy atom. The van der Waals surface area contributed by atoms with Gasteiger partial charge in [-0.25, -0.2) is 0 Å². The first-order valence-electron chi connectivity index (χ1n) is 6.13. The predicted octanol–water partition coefficient (Wildman–Crippen LogP) is 3.26. The summed E-state index contributed by atoms with van der Waals surface area (Å²) in [5.74, 6) is 0.318. The summed E-state index contributed by atoms with van der Waals surface area (Å²) in [6.45, 7) is 11.3. The Kier molecular flexibility index (Phi) is 3.70. The lowest BCUT2D eigenvalue weighted by atomic mass is 9.84. The highest BCUT2D eigenvalue weighted by Crippen LogP contribution is 2.32. The van der Waals surface area contributed by atoms with Crippen LogP contribution in [0.1, 0.15) is 64.2 Å². The van der Waals surface area contributed by atoms with E-state index in [9.17, 15) is 10.2 Å². The number of rotatable bonds is 3. The van der Waals surface area contributed by atoms with Gasteiger partial charge in [0.05, 0.1) is 11.2 Å². The van der Waals surface area contributed by atoms with E-state index in [1.807, 2.05) is 18.2 Å². The third-order valence-electron chi connectivity index (χ3n) is 3.04. The summed E-state index contributed by atoms with van der Waals surface area (Å²) in [4.78, 5) is 0. The molecule has 2 N–H and O–H groups in total. The van der Waals surface area contributed by atoms with Crippen molar-refractivity contribution in [3.05, 3.63) is 34.9 Å². The van der Waals surface area contributed by atoms with Gasteiger partial charge >= 0.3 is 0 Å². The number of benzene rings is 1. The van der Waals surface area contributed by atoms with E-state index in [1.54, 1.807) is 27.7 Å². The van der Waals surface area contributed by atoms with E-state index in [0.717, 1.165) is 16.7 Å². The molecular weight excluding hydrogens is 212 g/mol. The Labute approximate surface area is 104 Å². The van der Waals surface area contributed by atoms with Crippen LogP contribution < -0.4 is 0 Å². The molecule has 0 aromatic heterocycles. The van der Waals surface area contributed by atoms with Crippen LogP contribution in [0.15, 0.2) is 18.2 Å². The van der Waals surface area contributed by atoms with Crippen LogP contribution in [0.3, 0.4) is 0 Å². The van der Waals surface area contributed by atoms with E-state index in [0.29, 0.717) is 5.92 Å². The van der Waals surface area contributed by atoms with Gasteiger partial charge in [-0.1, -0.05) is 32.0 Å². The second kappa shape index (κ2) is 4.43. The predicted molar refractivity (Wildman–Crippen MR) is 71.0 cm³/mol. The van der Waals surface area contributed by atoms with E-state index in [2.05, 4.69) is 13.8 Å². The molecule has 0 aliphatic carbocycles. The van der Waals surface area contributed by atoms with E-state index in [-0.39, 0.29) is 0 Å². The molecule has 0 amide bonds. The van der Waals surface area contributed by atoms with Gasteiger partial charge in [-0.05, 0) is 50.3 Å². The minimum atomic E-state index is -0.849. The third-order valence-corrected chi connectivity index (χ3v) is 3.04. The molecule has 96 valence electrons. The van der Waals surface area contributed by atoms with Crippen molar-refractivity contribution in [2.45, 2.75) is 58.7 Å². The molecule has 0 heterocycles. The van der Waals surface area contributed by atoms with Crippen LogP contribution in [0, 0.1) is 0 Å². The van der Waals surface area contributed by atoms with Gasteiger partial charge in [0.25, 0.3) is 0 Å². The summed E-state index contributed by atoms with van der Waals surface area (Å²) in [5, 5.41) is 20.2. The van der Waals surface area contributed by atoms with Gasteiger partial charge in [-0.2, -0.15) is 0 Å². The van der Waals surface area contributed by atoms with Crippen LogP contribution in [0.2, 0.25) is 0 Å². The maximum absolute atomic E-state index is 10.1. The highest BCUT2D eigenvalue weighted by Gasteiger charge is 2.24. The average Bonchev–Trinajstić information content (AvgIpc) is 2.14. The highest BCUT2D eigenvalue weighted by atomic mass is 16.3. The van der Waals surface area contributed by atoms with E-state index >= 15 is 0 Å². The first-order chi connectivity index (χ1) is 7.53. The summed E-state index contributed by atoms with van der Waals surface area (Å²) < 4.78 is 0. The van der Waals surface area contributed by atoms with Crippen molar-refractivity contribution in [2.24, 2.45) is 0 Å². The minimum absolute atomic E-state index is 0.318. The number of aliphatic hydroxyl groups is 2. The largest absolute Gasteiger partial charge is 0.386 e. The van der Waals surface area contributed by atoms with Crippen molar-refractivity contribution < 1.29 is 10.2 Å². The molecule has 0 radical (unpaired) electrons. The molecular formula is C15H24O2. The molecule has 1 rings (SSSR count). The monoisotopic (exact) mass is 236 g/mol. The van der Waals surface area contributed by atoms with Crippen LogP contribution >= 0.6 is 0 Å². The molecule has 0 bridgehead atoms. The van der Waals surface area contributed by atoms with E-state index in [1.165, 1.54) is 0 Å². The van der Waals surface area contributed by atoms with Gasteiger partial charge in [0.15, 0.2) is 0 Å². The summed E-state index contributed by atoms with van der Waals surface area (Å²) in [7, 11) is 0. The maximum Gasteiger partial charge on any atom is 0.0843 e. The van der Waals surface area contributed by atoms with Crippen LogP contribution in [0.25, 0.3) is 0 Å². The Bertz CT molecular complexity index is 392. The van der Waals surface area contributed by atoms with Crippen molar-refractivity contribution in [1.29, 1.82) is 0 Å². The zero-order valence-corrected chi connectivity index (χ0v) is 11.7. The zero-order valence-electron chi connectivity index (χ0n) is 11.7. The Balaban J connectivity index is 3.38. The molecule has 1 aromatic rings. The molecule has 17 heavy (non-hydrogen) atoms. The second-order valence-electron chi connectivity index (χ2n) is 6.07. The van der Waals surface area contributed by atoms with Gasteiger partial charge in [0, 0.05) is 0 Å². The summed E-state index contributed by atoms with van der Waals surface area (Å²) in [6.07, 6.45) is 0. The Morgan fingerprint density at radius 2 is 1.47 bits per heavy atom. The molecule has 0 aliphatic heterocycles. The highest BCUT2D eigenvalue weighted by molar-refractivity contribution is 5.39. The lowest BCUT2D eigenvalue weighted by Gasteiger charge is -2.27. The lowest BCUT2D eigenvalue weighted by molar-refractivity contribution is 0.0733. The van der Waals surface area contributed by atoms with Crippen molar-refractivity contribution in [3.63, 3.8) is 0 Å². The van der Waals surface area contributed by atoms with Crippen molar-refractivity contribution in [1.82, 2.24) is 0 Å². The van der Waals surface area contributed by atoms with Crippen molar-refractivity contribution in [3.8, 4) is 0 Å². The fourth-order valence-corrected chi connectivity index (χ4v) is 1.98. The van der Waals surface area contributed by atoms with Crippen molar-refractivity contribution in [2.75, 3.05) is 0 Å². The quantitative estimate of drug-likeness (QED) is 0.845. The first-order valence-corrected chi connectivity index (χ1v) is 6.13. The fraction of sp³-hybridized carbons (Fsp3) is 0.600. The van der Waals surface area contributed by atoms with Gasteiger partial charge in [-0.3, -0.25) is 0 Å². The van der Waals surface area contributed by atoms with Crippen LogP contribution in [0.4, 0.5) is 0 Å². The summed E-state index contributed by atoms with van der Waals surface area (Å²) >= 11 is 0. The van der Waals surface area contributed by atoms with Gasteiger partial charge < -0.3 is 10.2 Å². The van der Waals surface area contributed by atoms with Crippen molar-refractivity contribution >= 4 is 0 Å². The van der Waals surface area contributed by atoms with Gasteiger partial charge in [0.1, 0.15) is 0 Å². The Hall–Kier alpha value is -0.860. The van der Waals surface area contributed by atoms with Gasteiger partial charge in [0.2, 0.25) is 0 Å². The normalized spacial score (nSPS) is 13.2. The molecule has 2 heteroatoms. The fourth-order valence-electron chi connectivity index (χ4n) is 1.98. The third kappa shape index (κ3) is 3.30. The smallest absolute Gasteiger partial charge is 0.0843 e. The summed E-state index contributed by atoms with van der Waals surface area (Å²) in [6, 6.07) is 5.81. The molecule has 0 atom stereocenters. The van der Waals surface area contributed by atoms with Crippen LogP contribution in [0.5, 0.6) is 0 Å². The number of hydrogen-bond acceptors (Lipinski definition) is 2. The standard InChI is InChI=1S/C15H24O2/c1-10(2)12-9-11(14(3,4)16)7-8-13(12)15(5,6)17/h7-10,16-17H,1-6H3. The molecule has 0 saturated heterocycles. The number of hydrogen-bond donors (Lipinski definition) is 2. The molecule has 1 aromatic carbocycles. The van der Waals surface area contributed by atoms with Gasteiger partial charge in [-0.15, -0.1) is 0 Å². The molecule has 0 spiro atoms. The molecule has 0 aliphatic rings. The second-order valence-corrected chi connectivity index (χ2v) is 6.07. The Morgan fingerprint density at radius 3 is 1.82 bits per heavy atom. The zero-order chi connectivity index (χ0) is 13.4. The average molecular weight is 236 g/mol. The molecule has 0 saturated carbocycles. The first kappa shape index (κ1) is 14.2. The molecule has 0 fully saturated rings. The molecule has 2 nitrogen and oxygen atoms in total. The topological polar surface area (TPSA) is 40.5 Å². The maximum atomic E-state index is 10.1. The van der Waals surface area contributed by atoms with Crippen LogP contribution in [-0.4, -0.2) is 10.2 Å². The summed E-state index contributed by atoms with van der Waals surface area (Å²) in [5.41, 5.74) is 1.21. The molecule has 0 unspecified atom stereocenters. The van der Waals surface area contributed by atoms with E-state index in [4.69, 9.17) is 0 Å². The van der Waals surface area contributed by atoms with Crippen LogP contribution in [-0.2, 0) is 11.2 Å². The lowest BCUT2D eigenvalue weighted by Crippen LogP contribution is -2.21. The van der Waals surface area contributed by atoms with E-state index < -0.39 is 11.2 Å². The SMILES string of the molecule is CC(C)c1cc(C(C)(C)O)ccc1C(C)(C)O.